The van der Waals surface area contributed by atoms with Crippen LogP contribution in [0.1, 0.15) is 59.5 Å². The van der Waals surface area contributed by atoms with E-state index in [9.17, 15) is 4.79 Å². The van der Waals surface area contributed by atoms with E-state index in [1.807, 2.05) is 29.5 Å². The number of piperidine rings is 1. The molecular weight excluding hydrogens is 376 g/mol. The van der Waals surface area contributed by atoms with Gasteiger partial charge in [0.2, 0.25) is 0 Å². The molecule has 9 heteroatoms. The molecule has 0 radical (unpaired) electrons. The van der Waals surface area contributed by atoms with Gasteiger partial charge in [-0.2, -0.15) is 5.10 Å². The molecule has 1 fully saturated rings. The van der Waals surface area contributed by atoms with Gasteiger partial charge in [-0.1, -0.05) is 16.6 Å². The van der Waals surface area contributed by atoms with Crippen molar-refractivity contribution in [2.75, 3.05) is 13.1 Å². The number of aromatic nitrogens is 5. The standard InChI is InChI=1S/C19H24N6O2S/c1-4-7-25-13(3)15(10-20-25)19(26)24-8-5-6-14(11-24)17-18(28-23-21-17)16-9-12(2)22-27-16/h9-10,14H,4-8,11H2,1-3H3. The van der Waals surface area contributed by atoms with E-state index in [1.165, 1.54) is 11.5 Å². The maximum atomic E-state index is 13.1. The van der Waals surface area contributed by atoms with E-state index < -0.39 is 0 Å². The highest BCUT2D eigenvalue weighted by Crippen LogP contribution is 2.36. The molecule has 1 amide bonds. The fourth-order valence-corrected chi connectivity index (χ4v) is 4.45. The van der Waals surface area contributed by atoms with E-state index in [-0.39, 0.29) is 11.8 Å². The van der Waals surface area contributed by atoms with Gasteiger partial charge >= 0.3 is 0 Å². The van der Waals surface area contributed by atoms with Crippen LogP contribution in [0, 0.1) is 13.8 Å². The van der Waals surface area contributed by atoms with Crippen LogP contribution in [0.2, 0.25) is 0 Å². The van der Waals surface area contributed by atoms with Gasteiger partial charge in [-0.3, -0.25) is 9.48 Å². The van der Waals surface area contributed by atoms with Crippen molar-refractivity contribution in [3.8, 4) is 10.6 Å². The van der Waals surface area contributed by atoms with E-state index >= 15 is 0 Å². The molecule has 0 spiro atoms. The molecule has 148 valence electrons. The Kier molecular flexibility index (Phi) is 5.25. The Hall–Kier alpha value is -2.55. The molecule has 0 bridgehead atoms. The number of carbonyl (C=O) groups excluding carboxylic acids is 1. The summed E-state index contributed by atoms with van der Waals surface area (Å²) in [5.41, 5.74) is 3.35. The molecule has 0 N–H and O–H groups in total. The Morgan fingerprint density at radius 3 is 3.00 bits per heavy atom. The average molecular weight is 401 g/mol. The number of hydrogen-bond donors (Lipinski definition) is 0. The van der Waals surface area contributed by atoms with Gasteiger partial charge in [0.15, 0.2) is 5.76 Å². The fourth-order valence-electron chi connectivity index (χ4n) is 3.76. The number of carbonyl (C=O) groups is 1. The highest BCUT2D eigenvalue weighted by atomic mass is 32.1. The summed E-state index contributed by atoms with van der Waals surface area (Å²) in [5, 5.41) is 12.7. The summed E-state index contributed by atoms with van der Waals surface area (Å²) in [5.74, 6) is 0.885. The predicted octanol–water partition coefficient (Wildman–Crippen LogP) is 3.44. The lowest BCUT2D eigenvalue weighted by Crippen LogP contribution is -2.39. The Morgan fingerprint density at radius 1 is 1.39 bits per heavy atom. The van der Waals surface area contributed by atoms with Crippen LogP contribution in [0.3, 0.4) is 0 Å². The molecule has 1 saturated heterocycles. The summed E-state index contributed by atoms with van der Waals surface area (Å²) in [7, 11) is 0. The van der Waals surface area contributed by atoms with E-state index in [0.717, 1.165) is 54.3 Å². The second-order valence-electron chi connectivity index (χ2n) is 7.28. The van der Waals surface area contributed by atoms with Crippen molar-refractivity contribution in [3.63, 3.8) is 0 Å². The van der Waals surface area contributed by atoms with Gasteiger partial charge in [-0.15, -0.1) is 5.10 Å². The highest BCUT2D eigenvalue weighted by molar-refractivity contribution is 7.09. The third-order valence-corrected chi connectivity index (χ3v) is 5.99. The zero-order valence-electron chi connectivity index (χ0n) is 16.4. The molecule has 4 rings (SSSR count). The molecule has 1 aliphatic rings. The maximum Gasteiger partial charge on any atom is 0.257 e. The van der Waals surface area contributed by atoms with Crippen LogP contribution >= 0.6 is 11.5 Å². The Morgan fingerprint density at radius 2 is 2.25 bits per heavy atom. The number of aryl methyl sites for hydroxylation is 2. The lowest BCUT2D eigenvalue weighted by molar-refractivity contribution is 0.0705. The van der Waals surface area contributed by atoms with Crippen LogP contribution in [0.15, 0.2) is 16.8 Å². The molecule has 0 aromatic carbocycles. The summed E-state index contributed by atoms with van der Waals surface area (Å²) < 4.78 is 11.5. The number of rotatable bonds is 5. The molecule has 4 heterocycles. The normalized spacial score (nSPS) is 17.2. The predicted molar refractivity (Wildman–Crippen MR) is 105 cm³/mol. The minimum atomic E-state index is 0.0461. The smallest absolute Gasteiger partial charge is 0.257 e. The van der Waals surface area contributed by atoms with Crippen LogP contribution in [0.5, 0.6) is 0 Å². The average Bonchev–Trinajstić information content (AvgIpc) is 3.42. The van der Waals surface area contributed by atoms with Gasteiger partial charge in [-0.05, 0) is 44.6 Å². The van der Waals surface area contributed by atoms with E-state index in [1.54, 1.807) is 6.20 Å². The summed E-state index contributed by atoms with van der Waals surface area (Å²) in [6, 6.07) is 1.90. The largest absolute Gasteiger partial charge is 0.355 e. The molecule has 8 nitrogen and oxygen atoms in total. The molecule has 3 aromatic heterocycles. The molecule has 1 aliphatic heterocycles. The highest BCUT2D eigenvalue weighted by Gasteiger charge is 2.31. The molecule has 1 unspecified atom stereocenters. The Bertz CT molecular complexity index is 975. The van der Waals surface area contributed by atoms with Crippen LogP contribution in [0.4, 0.5) is 0 Å². The van der Waals surface area contributed by atoms with Gasteiger partial charge in [-0.25, -0.2) is 0 Å². The minimum Gasteiger partial charge on any atom is -0.355 e. The van der Waals surface area contributed by atoms with Crippen molar-refractivity contribution in [2.24, 2.45) is 0 Å². The number of nitrogens with zero attached hydrogens (tertiary/aromatic N) is 6. The number of hydrogen-bond acceptors (Lipinski definition) is 7. The zero-order valence-corrected chi connectivity index (χ0v) is 17.2. The first-order valence-electron chi connectivity index (χ1n) is 9.66. The molecular formula is C19H24N6O2S. The molecule has 0 saturated carbocycles. The third kappa shape index (κ3) is 3.46. The van der Waals surface area contributed by atoms with Gasteiger partial charge in [0.05, 0.1) is 23.1 Å². The maximum absolute atomic E-state index is 13.1. The van der Waals surface area contributed by atoms with Crippen LogP contribution in [-0.2, 0) is 6.54 Å². The molecule has 0 aliphatic carbocycles. The van der Waals surface area contributed by atoms with Crippen molar-refractivity contribution >= 4 is 17.4 Å². The topological polar surface area (TPSA) is 89.9 Å². The number of likely N-dealkylation sites (tertiary alicyclic amines) is 1. The lowest BCUT2D eigenvalue weighted by atomic mass is 9.93. The van der Waals surface area contributed by atoms with Gasteiger partial charge in [0.1, 0.15) is 4.88 Å². The van der Waals surface area contributed by atoms with Gasteiger partial charge < -0.3 is 9.42 Å². The van der Waals surface area contributed by atoms with E-state index in [4.69, 9.17) is 4.52 Å². The van der Waals surface area contributed by atoms with E-state index in [0.29, 0.717) is 17.9 Å². The summed E-state index contributed by atoms with van der Waals surface area (Å²) in [4.78, 5) is 16.0. The van der Waals surface area contributed by atoms with Crippen molar-refractivity contribution in [3.05, 3.63) is 34.9 Å². The summed E-state index contributed by atoms with van der Waals surface area (Å²) >= 11 is 1.32. The fraction of sp³-hybridized carbons (Fsp3) is 0.526. The summed E-state index contributed by atoms with van der Waals surface area (Å²) in [6.07, 6.45) is 4.60. The van der Waals surface area contributed by atoms with E-state index in [2.05, 4.69) is 26.8 Å². The quantitative estimate of drug-likeness (QED) is 0.652. The molecule has 28 heavy (non-hydrogen) atoms. The Labute approximate surface area is 167 Å². The van der Waals surface area contributed by atoms with Crippen LogP contribution < -0.4 is 0 Å². The van der Waals surface area contributed by atoms with Gasteiger partial charge in [0, 0.05) is 37.3 Å². The first-order chi connectivity index (χ1) is 13.6. The second kappa shape index (κ2) is 7.83. The zero-order chi connectivity index (χ0) is 19.7. The van der Waals surface area contributed by atoms with Crippen molar-refractivity contribution in [1.29, 1.82) is 0 Å². The van der Waals surface area contributed by atoms with Crippen LogP contribution in [-0.4, -0.2) is 48.4 Å². The minimum absolute atomic E-state index is 0.0461. The monoisotopic (exact) mass is 400 g/mol. The number of amides is 1. The Balaban J connectivity index is 1.54. The van der Waals surface area contributed by atoms with Crippen molar-refractivity contribution < 1.29 is 9.32 Å². The van der Waals surface area contributed by atoms with Crippen molar-refractivity contribution in [1.82, 2.24) is 29.4 Å². The first kappa shape index (κ1) is 18.8. The van der Waals surface area contributed by atoms with Crippen molar-refractivity contribution in [2.45, 2.75) is 52.5 Å². The molecule has 1 atom stereocenters. The third-order valence-electron chi connectivity index (χ3n) is 5.23. The van der Waals surface area contributed by atoms with Gasteiger partial charge in [0.25, 0.3) is 5.91 Å². The first-order valence-corrected chi connectivity index (χ1v) is 10.4. The molecule has 3 aromatic rings. The van der Waals surface area contributed by atoms with Crippen LogP contribution in [0.25, 0.3) is 10.6 Å². The SMILES string of the molecule is CCCn1ncc(C(=O)N2CCCC(c3nnsc3-c3cc(C)no3)C2)c1C. The summed E-state index contributed by atoms with van der Waals surface area (Å²) in [6.45, 7) is 8.17. The lowest BCUT2D eigenvalue weighted by Gasteiger charge is -2.32. The second-order valence-corrected chi connectivity index (χ2v) is 8.03.